The SMILES string of the molecule is COc1ccccc1-c1nc(CCOc2ccc(CC3COC(C)(C)N3C(=O)O)cc2)no1. The van der Waals surface area contributed by atoms with E-state index in [0.29, 0.717) is 49.3 Å². The summed E-state index contributed by atoms with van der Waals surface area (Å²) in [7, 11) is 1.60. The van der Waals surface area contributed by atoms with Crippen LogP contribution >= 0.6 is 0 Å². The van der Waals surface area contributed by atoms with Crippen LogP contribution in [0, 0.1) is 0 Å². The number of amides is 1. The van der Waals surface area contributed by atoms with Gasteiger partial charge < -0.3 is 23.8 Å². The fourth-order valence-corrected chi connectivity index (χ4v) is 3.96. The number of benzene rings is 2. The molecule has 1 saturated heterocycles. The summed E-state index contributed by atoms with van der Waals surface area (Å²) in [5.41, 5.74) is 0.938. The predicted octanol–water partition coefficient (Wildman–Crippen LogP) is 4.02. The molecule has 1 aromatic heterocycles. The quantitative estimate of drug-likeness (QED) is 0.545. The minimum absolute atomic E-state index is 0.222. The van der Waals surface area contributed by atoms with Gasteiger partial charge in [0, 0.05) is 6.42 Å². The Hall–Kier alpha value is -3.59. The number of carbonyl (C=O) groups is 1. The standard InChI is InChI=1S/C24H27N3O6/c1-24(2)27(23(28)29)17(15-32-24)14-16-8-10-18(11-9-16)31-13-12-21-25-22(33-26-21)19-6-4-5-7-20(19)30-3/h4-11,17H,12-15H2,1-3H3,(H,28,29). The van der Waals surface area contributed by atoms with Gasteiger partial charge in [-0.3, -0.25) is 4.90 Å². The smallest absolute Gasteiger partial charge is 0.409 e. The van der Waals surface area contributed by atoms with Crippen molar-refractivity contribution in [1.82, 2.24) is 15.0 Å². The Morgan fingerprint density at radius 3 is 2.70 bits per heavy atom. The molecule has 9 heteroatoms. The average Bonchev–Trinajstić information content (AvgIpc) is 3.38. The van der Waals surface area contributed by atoms with Crippen molar-refractivity contribution in [3.05, 3.63) is 59.9 Å². The Morgan fingerprint density at radius 1 is 1.21 bits per heavy atom. The summed E-state index contributed by atoms with van der Waals surface area (Å²) in [5, 5.41) is 13.5. The Kier molecular flexibility index (Phi) is 6.50. The van der Waals surface area contributed by atoms with Gasteiger partial charge in [0.1, 0.15) is 17.2 Å². The summed E-state index contributed by atoms with van der Waals surface area (Å²) in [6, 6.07) is 14.9. The molecule has 4 rings (SSSR count). The molecule has 2 heterocycles. The average molecular weight is 453 g/mol. The lowest BCUT2D eigenvalue weighted by molar-refractivity contribution is -0.0419. The van der Waals surface area contributed by atoms with E-state index in [4.69, 9.17) is 18.7 Å². The summed E-state index contributed by atoms with van der Waals surface area (Å²) >= 11 is 0. The molecule has 1 amide bonds. The first-order chi connectivity index (χ1) is 15.9. The number of para-hydroxylation sites is 1. The highest BCUT2D eigenvalue weighted by Gasteiger charge is 2.43. The maximum absolute atomic E-state index is 11.6. The molecule has 0 aliphatic carbocycles. The van der Waals surface area contributed by atoms with Crippen molar-refractivity contribution in [3.63, 3.8) is 0 Å². The van der Waals surface area contributed by atoms with Crippen molar-refractivity contribution in [2.24, 2.45) is 0 Å². The lowest BCUT2D eigenvalue weighted by Gasteiger charge is -2.31. The van der Waals surface area contributed by atoms with E-state index in [1.54, 1.807) is 21.0 Å². The molecule has 3 aromatic rings. The number of rotatable bonds is 8. The minimum Gasteiger partial charge on any atom is -0.496 e. The summed E-state index contributed by atoms with van der Waals surface area (Å²) in [6.45, 7) is 4.29. The van der Waals surface area contributed by atoms with E-state index in [-0.39, 0.29) is 6.04 Å². The zero-order chi connectivity index (χ0) is 23.4. The van der Waals surface area contributed by atoms with Crippen molar-refractivity contribution in [3.8, 4) is 23.0 Å². The normalized spacial score (nSPS) is 17.2. The molecule has 0 bridgehead atoms. The summed E-state index contributed by atoms with van der Waals surface area (Å²) < 4.78 is 22.2. The second-order valence-electron chi connectivity index (χ2n) is 8.23. The molecule has 1 aliphatic rings. The lowest BCUT2D eigenvalue weighted by Crippen LogP contribution is -2.47. The Labute approximate surface area is 191 Å². The van der Waals surface area contributed by atoms with Crippen LogP contribution in [0.25, 0.3) is 11.5 Å². The Bertz CT molecular complexity index is 1100. The second-order valence-corrected chi connectivity index (χ2v) is 8.23. The number of nitrogens with zero attached hydrogens (tertiary/aromatic N) is 3. The number of ether oxygens (including phenoxy) is 3. The van der Waals surface area contributed by atoms with Crippen molar-refractivity contribution >= 4 is 6.09 Å². The van der Waals surface area contributed by atoms with Gasteiger partial charge in [0.25, 0.3) is 5.89 Å². The van der Waals surface area contributed by atoms with Crippen LogP contribution in [0.4, 0.5) is 4.79 Å². The van der Waals surface area contributed by atoms with Crippen LogP contribution in [0.1, 0.15) is 25.2 Å². The van der Waals surface area contributed by atoms with Crippen LogP contribution < -0.4 is 9.47 Å². The zero-order valence-corrected chi connectivity index (χ0v) is 18.9. The molecule has 1 fully saturated rings. The monoisotopic (exact) mass is 453 g/mol. The van der Waals surface area contributed by atoms with E-state index >= 15 is 0 Å². The highest BCUT2D eigenvalue weighted by molar-refractivity contribution is 5.66. The van der Waals surface area contributed by atoms with Crippen molar-refractivity contribution < 1.29 is 28.6 Å². The Balaban J connectivity index is 1.30. The van der Waals surface area contributed by atoms with E-state index in [1.165, 1.54) is 4.90 Å². The molecule has 1 N–H and O–H groups in total. The first-order valence-corrected chi connectivity index (χ1v) is 10.7. The van der Waals surface area contributed by atoms with Crippen LogP contribution in [0.3, 0.4) is 0 Å². The van der Waals surface area contributed by atoms with Gasteiger partial charge in [0.2, 0.25) is 0 Å². The fraction of sp³-hybridized carbons (Fsp3) is 0.375. The topological polar surface area (TPSA) is 107 Å². The molecule has 33 heavy (non-hydrogen) atoms. The van der Waals surface area contributed by atoms with E-state index in [2.05, 4.69) is 10.1 Å². The van der Waals surface area contributed by atoms with Crippen LogP contribution in [0.5, 0.6) is 11.5 Å². The largest absolute Gasteiger partial charge is 0.496 e. The van der Waals surface area contributed by atoms with Crippen LogP contribution in [-0.4, -0.2) is 58.3 Å². The van der Waals surface area contributed by atoms with Gasteiger partial charge in [0.05, 0.1) is 31.9 Å². The van der Waals surface area contributed by atoms with Gasteiger partial charge in [-0.05, 0) is 50.1 Å². The number of methoxy groups -OCH3 is 1. The maximum atomic E-state index is 11.6. The van der Waals surface area contributed by atoms with Gasteiger partial charge in [0.15, 0.2) is 5.82 Å². The molecule has 9 nitrogen and oxygen atoms in total. The second kappa shape index (κ2) is 9.50. The third-order valence-corrected chi connectivity index (χ3v) is 5.57. The van der Waals surface area contributed by atoms with E-state index in [0.717, 1.165) is 11.1 Å². The van der Waals surface area contributed by atoms with E-state index < -0.39 is 11.8 Å². The van der Waals surface area contributed by atoms with Crippen LogP contribution in [-0.2, 0) is 17.6 Å². The number of aromatic nitrogens is 2. The first kappa shape index (κ1) is 22.6. The number of carboxylic acid groups (broad SMARTS) is 1. The lowest BCUT2D eigenvalue weighted by atomic mass is 10.0. The van der Waals surface area contributed by atoms with Crippen LogP contribution in [0.15, 0.2) is 53.1 Å². The van der Waals surface area contributed by atoms with Crippen molar-refractivity contribution in [1.29, 1.82) is 0 Å². The fourth-order valence-electron chi connectivity index (χ4n) is 3.96. The molecule has 1 unspecified atom stereocenters. The third kappa shape index (κ3) is 5.09. The summed E-state index contributed by atoms with van der Waals surface area (Å²) in [6.07, 6.45) is 0.0883. The van der Waals surface area contributed by atoms with Gasteiger partial charge in [-0.15, -0.1) is 0 Å². The number of hydrogen-bond acceptors (Lipinski definition) is 7. The molecular weight excluding hydrogens is 426 g/mol. The van der Waals surface area contributed by atoms with E-state index in [9.17, 15) is 9.90 Å². The Morgan fingerprint density at radius 2 is 1.97 bits per heavy atom. The zero-order valence-electron chi connectivity index (χ0n) is 18.9. The predicted molar refractivity (Wildman–Crippen MR) is 119 cm³/mol. The molecule has 1 atom stereocenters. The molecule has 0 saturated carbocycles. The summed E-state index contributed by atoms with van der Waals surface area (Å²) in [4.78, 5) is 17.4. The van der Waals surface area contributed by atoms with Gasteiger partial charge in [-0.25, -0.2) is 4.79 Å². The van der Waals surface area contributed by atoms with Crippen LogP contribution in [0.2, 0.25) is 0 Å². The highest BCUT2D eigenvalue weighted by Crippen LogP contribution is 2.30. The van der Waals surface area contributed by atoms with Crippen molar-refractivity contribution in [2.75, 3.05) is 20.3 Å². The third-order valence-electron chi connectivity index (χ3n) is 5.57. The van der Waals surface area contributed by atoms with Gasteiger partial charge >= 0.3 is 6.09 Å². The minimum atomic E-state index is -0.974. The molecule has 1 aliphatic heterocycles. The molecule has 2 aromatic carbocycles. The maximum Gasteiger partial charge on any atom is 0.409 e. The molecule has 174 valence electrons. The number of hydrogen-bond donors (Lipinski definition) is 1. The van der Waals surface area contributed by atoms with E-state index in [1.807, 2.05) is 48.5 Å². The molecule has 0 radical (unpaired) electrons. The van der Waals surface area contributed by atoms with Gasteiger partial charge in [-0.1, -0.05) is 29.4 Å². The molecular formula is C24H27N3O6. The summed E-state index contributed by atoms with van der Waals surface area (Å²) in [5.74, 6) is 2.33. The van der Waals surface area contributed by atoms with Crippen molar-refractivity contribution in [2.45, 2.75) is 38.5 Å². The first-order valence-electron chi connectivity index (χ1n) is 10.7. The highest BCUT2D eigenvalue weighted by atomic mass is 16.5. The van der Waals surface area contributed by atoms with Gasteiger partial charge in [-0.2, -0.15) is 4.98 Å². The molecule has 0 spiro atoms.